The quantitative estimate of drug-likeness (QED) is 0.723. The zero-order valence-corrected chi connectivity index (χ0v) is 13.3. The van der Waals surface area contributed by atoms with Gasteiger partial charge < -0.3 is 14.6 Å². The van der Waals surface area contributed by atoms with Crippen molar-refractivity contribution in [2.75, 3.05) is 13.2 Å². The first kappa shape index (κ1) is 19.2. The van der Waals surface area contributed by atoms with E-state index in [1.54, 1.807) is 34.6 Å². The van der Waals surface area contributed by atoms with Gasteiger partial charge >= 0.3 is 18.0 Å². The second-order valence-electron chi connectivity index (χ2n) is 5.69. The molecule has 0 aromatic rings. The van der Waals surface area contributed by atoms with Crippen molar-refractivity contribution in [3.05, 3.63) is 0 Å². The molecule has 0 spiro atoms. The minimum absolute atomic E-state index is 0.0940. The Labute approximate surface area is 125 Å². The number of amides is 1. The lowest BCUT2D eigenvalue weighted by atomic mass is 10.1. The first-order chi connectivity index (χ1) is 9.56. The van der Waals surface area contributed by atoms with E-state index in [4.69, 9.17) is 14.6 Å². The Morgan fingerprint density at radius 3 is 2.24 bits per heavy atom. The first-order valence-electron chi connectivity index (χ1n) is 6.93. The Balaban J connectivity index is 4.85. The third kappa shape index (κ3) is 8.88. The zero-order valence-electron chi connectivity index (χ0n) is 13.3. The van der Waals surface area contributed by atoms with Gasteiger partial charge in [-0.3, -0.25) is 14.5 Å². The van der Waals surface area contributed by atoms with E-state index >= 15 is 0 Å². The number of carboxylic acid groups (broad SMARTS) is 1. The van der Waals surface area contributed by atoms with Crippen LogP contribution in [0.5, 0.6) is 0 Å². The van der Waals surface area contributed by atoms with Crippen molar-refractivity contribution in [2.45, 2.75) is 59.1 Å². The van der Waals surface area contributed by atoms with Crippen molar-refractivity contribution < 1.29 is 29.0 Å². The van der Waals surface area contributed by atoms with Crippen LogP contribution in [-0.4, -0.2) is 52.8 Å². The van der Waals surface area contributed by atoms with Gasteiger partial charge in [-0.1, -0.05) is 0 Å². The van der Waals surface area contributed by atoms with Gasteiger partial charge in [0.15, 0.2) is 0 Å². The van der Waals surface area contributed by atoms with Gasteiger partial charge in [0, 0.05) is 12.5 Å². The van der Waals surface area contributed by atoms with Crippen LogP contribution in [0.3, 0.4) is 0 Å². The smallest absolute Gasteiger partial charge is 0.411 e. The predicted molar refractivity (Wildman–Crippen MR) is 75.9 cm³/mol. The van der Waals surface area contributed by atoms with Crippen LogP contribution in [0.2, 0.25) is 0 Å². The van der Waals surface area contributed by atoms with Gasteiger partial charge in [0.2, 0.25) is 0 Å². The second kappa shape index (κ2) is 8.49. The molecule has 7 heteroatoms. The summed E-state index contributed by atoms with van der Waals surface area (Å²) in [6, 6.07) is -0.444. The van der Waals surface area contributed by atoms with Crippen LogP contribution < -0.4 is 0 Å². The van der Waals surface area contributed by atoms with Gasteiger partial charge in [-0.05, 0) is 41.0 Å². The lowest BCUT2D eigenvalue weighted by Crippen LogP contribution is -2.45. The van der Waals surface area contributed by atoms with Crippen LogP contribution in [0.25, 0.3) is 0 Å². The zero-order chi connectivity index (χ0) is 16.6. The van der Waals surface area contributed by atoms with E-state index in [9.17, 15) is 14.4 Å². The highest BCUT2D eigenvalue weighted by molar-refractivity contribution is 5.78. The van der Waals surface area contributed by atoms with Crippen molar-refractivity contribution in [3.63, 3.8) is 0 Å². The van der Waals surface area contributed by atoms with Gasteiger partial charge in [-0.15, -0.1) is 0 Å². The lowest BCUT2D eigenvalue weighted by molar-refractivity contribution is -0.144. The lowest BCUT2D eigenvalue weighted by Gasteiger charge is -2.30. The molecule has 21 heavy (non-hydrogen) atoms. The summed E-state index contributed by atoms with van der Waals surface area (Å²) in [5, 5.41) is 8.71. The van der Waals surface area contributed by atoms with Crippen LogP contribution in [0.15, 0.2) is 0 Å². The van der Waals surface area contributed by atoms with Crippen molar-refractivity contribution in [1.82, 2.24) is 4.90 Å². The molecule has 0 aliphatic heterocycles. The molecule has 0 heterocycles. The number of hydrogen-bond donors (Lipinski definition) is 1. The SMILES string of the molecule is CCOC(=O)CN(C(=O)OC(C)(C)C)[C@H](C)CCC(=O)O. The molecular weight excluding hydrogens is 278 g/mol. The fourth-order valence-electron chi connectivity index (χ4n) is 1.55. The minimum Gasteiger partial charge on any atom is -0.481 e. The van der Waals surface area contributed by atoms with E-state index in [2.05, 4.69) is 0 Å². The molecule has 122 valence electrons. The van der Waals surface area contributed by atoms with Crippen molar-refractivity contribution >= 4 is 18.0 Å². The maximum atomic E-state index is 12.1. The maximum Gasteiger partial charge on any atom is 0.411 e. The summed E-state index contributed by atoms with van der Waals surface area (Å²) < 4.78 is 10.1. The highest BCUT2D eigenvalue weighted by Gasteiger charge is 2.28. The van der Waals surface area contributed by atoms with Crippen molar-refractivity contribution in [3.8, 4) is 0 Å². The standard InChI is InChI=1S/C14H25NO6/c1-6-20-12(18)9-15(10(2)7-8-11(16)17)13(19)21-14(3,4)5/h10H,6-9H2,1-5H3,(H,16,17)/t10-/m1/s1. The van der Waals surface area contributed by atoms with E-state index in [0.29, 0.717) is 0 Å². The Morgan fingerprint density at radius 2 is 1.81 bits per heavy atom. The maximum absolute atomic E-state index is 12.1. The Bertz CT molecular complexity index is 374. The fraction of sp³-hybridized carbons (Fsp3) is 0.786. The van der Waals surface area contributed by atoms with Crippen LogP contribution in [0.1, 0.15) is 47.5 Å². The van der Waals surface area contributed by atoms with Crippen molar-refractivity contribution in [1.29, 1.82) is 0 Å². The first-order valence-corrected chi connectivity index (χ1v) is 6.93. The number of carbonyl (C=O) groups is 3. The number of carbonyl (C=O) groups excluding carboxylic acids is 2. The molecule has 0 aliphatic carbocycles. The molecule has 1 atom stereocenters. The number of carboxylic acids is 1. The predicted octanol–water partition coefficient (Wildman–Crippen LogP) is 2.04. The van der Waals surface area contributed by atoms with Gasteiger partial charge in [-0.2, -0.15) is 0 Å². The summed E-state index contributed by atoms with van der Waals surface area (Å²) in [6.45, 7) is 8.45. The summed E-state index contributed by atoms with van der Waals surface area (Å²) in [6.07, 6.45) is -0.523. The summed E-state index contributed by atoms with van der Waals surface area (Å²) in [7, 11) is 0. The number of hydrogen-bond acceptors (Lipinski definition) is 5. The topological polar surface area (TPSA) is 93.1 Å². The number of esters is 1. The normalized spacial score (nSPS) is 12.4. The molecule has 0 unspecified atom stereocenters. The molecule has 0 aromatic carbocycles. The molecule has 0 saturated heterocycles. The van der Waals surface area contributed by atoms with Gasteiger partial charge in [0.05, 0.1) is 6.61 Å². The molecule has 1 N–H and O–H groups in total. The van der Waals surface area contributed by atoms with Gasteiger partial charge in [0.1, 0.15) is 12.1 Å². The van der Waals surface area contributed by atoms with Crippen LogP contribution >= 0.6 is 0 Å². The summed E-state index contributed by atoms with van der Waals surface area (Å²) in [4.78, 5) is 35.5. The number of rotatable bonds is 7. The molecule has 0 aliphatic rings. The van der Waals surface area contributed by atoms with E-state index in [-0.39, 0.29) is 26.0 Å². The molecule has 0 saturated carbocycles. The Kier molecular flexibility index (Phi) is 7.76. The average Bonchev–Trinajstić information content (AvgIpc) is 2.31. The van der Waals surface area contributed by atoms with Crippen LogP contribution in [0.4, 0.5) is 4.79 Å². The monoisotopic (exact) mass is 303 g/mol. The minimum atomic E-state index is -0.956. The molecular formula is C14H25NO6. The van der Waals surface area contributed by atoms with E-state index in [1.807, 2.05) is 0 Å². The number of aliphatic carboxylic acids is 1. The molecule has 0 rings (SSSR count). The summed E-state index contributed by atoms with van der Waals surface area (Å²) >= 11 is 0. The molecule has 0 aromatic heterocycles. The third-order valence-corrected chi connectivity index (χ3v) is 2.54. The summed E-state index contributed by atoms with van der Waals surface area (Å²) in [5.74, 6) is -1.51. The molecule has 0 bridgehead atoms. The van der Waals surface area contributed by atoms with Gasteiger partial charge in [0.25, 0.3) is 0 Å². The Hall–Kier alpha value is -1.79. The van der Waals surface area contributed by atoms with Crippen LogP contribution in [0, 0.1) is 0 Å². The number of ether oxygens (including phenoxy) is 2. The number of nitrogens with zero attached hydrogens (tertiary/aromatic N) is 1. The molecule has 1 amide bonds. The fourth-order valence-corrected chi connectivity index (χ4v) is 1.55. The second-order valence-corrected chi connectivity index (χ2v) is 5.69. The van der Waals surface area contributed by atoms with Crippen LogP contribution in [-0.2, 0) is 19.1 Å². The summed E-state index contributed by atoms with van der Waals surface area (Å²) in [5.41, 5.74) is -0.698. The largest absolute Gasteiger partial charge is 0.481 e. The third-order valence-electron chi connectivity index (χ3n) is 2.54. The van der Waals surface area contributed by atoms with E-state index < -0.39 is 29.7 Å². The Morgan fingerprint density at radius 1 is 1.24 bits per heavy atom. The van der Waals surface area contributed by atoms with E-state index in [1.165, 1.54) is 4.90 Å². The molecule has 0 radical (unpaired) electrons. The average molecular weight is 303 g/mol. The molecule has 7 nitrogen and oxygen atoms in total. The highest BCUT2D eigenvalue weighted by Crippen LogP contribution is 2.14. The van der Waals surface area contributed by atoms with Crippen molar-refractivity contribution in [2.24, 2.45) is 0 Å². The molecule has 0 fully saturated rings. The highest BCUT2D eigenvalue weighted by atomic mass is 16.6. The van der Waals surface area contributed by atoms with Gasteiger partial charge in [-0.25, -0.2) is 4.79 Å². The van der Waals surface area contributed by atoms with E-state index in [0.717, 1.165) is 0 Å².